The Bertz CT molecular complexity index is 366. The van der Waals surface area contributed by atoms with Gasteiger partial charge in [0.1, 0.15) is 6.61 Å². The number of aryl methyl sites for hydroxylation is 1. The van der Waals surface area contributed by atoms with Gasteiger partial charge < -0.3 is 4.84 Å². The molecule has 0 heterocycles. The third-order valence-corrected chi connectivity index (χ3v) is 1.94. The number of oxime groups is 1. The highest BCUT2D eigenvalue weighted by Crippen LogP contribution is 2.06. The molecule has 0 saturated heterocycles. The molecule has 3 heteroatoms. The van der Waals surface area contributed by atoms with Crippen molar-refractivity contribution >= 4 is 11.5 Å². The largest absolute Gasteiger partial charge is 0.396 e. The van der Waals surface area contributed by atoms with Crippen molar-refractivity contribution in [1.82, 2.24) is 0 Å². The van der Waals surface area contributed by atoms with E-state index in [0.717, 1.165) is 11.1 Å². The number of rotatable bonds is 4. The van der Waals surface area contributed by atoms with E-state index in [9.17, 15) is 4.79 Å². The molecule has 1 aromatic rings. The fourth-order valence-electron chi connectivity index (χ4n) is 1.16. The van der Waals surface area contributed by atoms with E-state index in [-0.39, 0.29) is 5.78 Å². The van der Waals surface area contributed by atoms with Gasteiger partial charge in [-0.1, -0.05) is 35.0 Å². The maximum Gasteiger partial charge on any atom is 0.182 e. The van der Waals surface area contributed by atoms with Gasteiger partial charge in [-0.3, -0.25) is 4.79 Å². The monoisotopic (exact) mass is 205 g/mol. The molecule has 15 heavy (non-hydrogen) atoms. The summed E-state index contributed by atoms with van der Waals surface area (Å²) in [5.74, 6) is -0.0905. The average molecular weight is 205 g/mol. The Morgan fingerprint density at radius 3 is 2.40 bits per heavy atom. The minimum Gasteiger partial charge on any atom is -0.396 e. The molecule has 0 atom stereocenters. The summed E-state index contributed by atoms with van der Waals surface area (Å²) in [6.07, 6.45) is 0. The first kappa shape index (κ1) is 11.4. The molecule has 0 unspecified atom stereocenters. The van der Waals surface area contributed by atoms with Crippen LogP contribution in [0.1, 0.15) is 25.0 Å². The lowest BCUT2D eigenvalue weighted by Gasteiger charge is -2.03. The van der Waals surface area contributed by atoms with Crippen LogP contribution in [0.5, 0.6) is 0 Å². The van der Waals surface area contributed by atoms with E-state index in [1.54, 1.807) is 0 Å². The molecule has 0 N–H and O–H groups in total. The highest BCUT2D eigenvalue weighted by Gasteiger charge is 2.09. The molecule has 0 amide bonds. The third kappa shape index (κ3) is 3.20. The van der Waals surface area contributed by atoms with Gasteiger partial charge >= 0.3 is 0 Å². The van der Waals surface area contributed by atoms with Crippen LogP contribution >= 0.6 is 0 Å². The highest BCUT2D eigenvalue weighted by atomic mass is 16.6. The lowest BCUT2D eigenvalue weighted by molar-refractivity contribution is -0.111. The van der Waals surface area contributed by atoms with E-state index in [1.807, 2.05) is 38.1 Å². The van der Waals surface area contributed by atoms with Crippen LogP contribution in [0.25, 0.3) is 0 Å². The molecule has 0 aliphatic rings. The van der Waals surface area contributed by atoms with E-state index in [2.05, 4.69) is 5.16 Å². The van der Waals surface area contributed by atoms with Crippen LogP contribution in [-0.2, 0) is 9.63 Å². The molecular formula is C12H15NO2. The van der Waals surface area contributed by atoms with Crippen LogP contribution in [0.4, 0.5) is 0 Å². The Kier molecular flexibility index (Phi) is 4.03. The van der Waals surface area contributed by atoms with Crippen LogP contribution in [0.15, 0.2) is 29.4 Å². The second-order valence-corrected chi connectivity index (χ2v) is 3.28. The zero-order valence-corrected chi connectivity index (χ0v) is 9.28. The zero-order chi connectivity index (χ0) is 11.3. The van der Waals surface area contributed by atoms with Crippen LogP contribution in [0.2, 0.25) is 0 Å². The molecule has 0 bridgehead atoms. The first-order valence-electron chi connectivity index (χ1n) is 4.93. The molecule has 1 aromatic carbocycles. The van der Waals surface area contributed by atoms with Crippen LogP contribution in [0, 0.1) is 6.92 Å². The van der Waals surface area contributed by atoms with Crippen molar-refractivity contribution in [2.75, 3.05) is 6.61 Å². The molecule has 0 radical (unpaired) electrons. The van der Waals surface area contributed by atoms with Crippen molar-refractivity contribution < 1.29 is 9.63 Å². The zero-order valence-electron chi connectivity index (χ0n) is 9.28. The molecule has 0 fully saturated rings. The second kappa shape index (κ2) is 5.29. The minimum absolute atomic E-state index is 0.0905. The van der Waals surface area contributed by atoms with Crippen LogP contribution in [0.3, 0.4) is 0 Å². The standard InChI is InChI=1S/C12H15NO2/c1-4-15-13-12(10(3)14)11-7-5-9(2)6-8-11/h5-8H,4H2,1-3H3. The highest BCUT2D eigenvalue weighted by molar-refractivity contribution is 6.45. The fourth-order valence-corrected chi connectivity index (χ4v) is 1.16. The van der Waals surface area contributed by atoms with Gasteiger partial charge in [-0.15, -0.1) is 0 Å². The Balaban J connectivity index is 2.99. The quantitative estimate of drug-likeness (QED) is 0.559. The predicted octanol–water partition coefficient (Wildman–Crippen LogP) is 2.32. The lowest BCUT2D eigenvalue weighted by atomic mass is 10.1. The molecule has 0 saturated carbocycles. The van der Waals surface area contributed by atoms with Gasteiger partial charge in [0.05, 0.1) is 0 Å². The number of benzene rings is 1. The normalized spacial score (nSPS) is 11.3. The number of ketones is 1. The molecule has 1 rings (SSSR count). The topological polar surface area (TPSA) is 38.7 Å². The first-order valence-corrected chi connectivity index (χ1v) is 4.93. The Morgan fingerprint density at radius 2 is 1.93 bits per heavy atom. The number of carbonyl (C=O) groups excluding carboxylic acids is 1. The summed E-state index contributed by atoms with van der Waals surface area (Å²) in [7, 11) is 0. The number of carbonyl (C=O) groups is 1. The van der Waals surface area contributed by atoms with Crippen LogP contribution < -0.4 is 0 Å². The summed E-state index contributed by atoms with van der Waals surface area (Å²) in [5, 5.41) is 3.81. The van der Waals surface area contributed by atoms with Crippen molar-refractivity contribution in [1.29, 1.82) is 0 Å². The van der Waals surface area contributed by atoms with Crippen molar-refractivity contribution in [3.8, 4) is 0 Å². The summed E-state index contributed by atoms with van der Waals surface area (Å²) >= 11 is 0. The van der Waals surface area contributed by atoms with Gasteiger partial charge in [0.2, 0.25) is 0 Å². The first-order chi connectivity index (χ1) is 7.15. The van der Waals surface area contributed by atoms with Gasteiger partial charge in [0.15, 0.2) is 11.5 Å². The third-order valence-electron chi connectivity index (χ3n) is 1.94. The minimum atomic E-state index is -0.0905. The van der Waals surface area contributed by atoms with Crippen LogP contribution in [-0.4, -0.2) is 18.1 Å². The number of hydrogen-bond donors (Lipinski definition) is 0. The predicted molar refractivity (Wildman–Crippen MR) is 60.0 cm³/mol. The maximum absolute atomic E-state index is 11.3. The van der Waals surface area contributed by atoms with Crippen molar-refractivity contribution in [2.24, 2.45) is 5.16 Å². The van der Waals surface area contributed by atoms with Crippen molar-refractivity contribution in [3.05, 3.63) is 35.4 Å². The summed E-state index contributed by atoms with van der Waals surface area (Å²) < 4.78 is 0. The summed E-state index contributed by atoms with van der Waals surface area (Å²) in [4.78, 5) is 16.2. The molecule has 3 nitrogen and oxygen atoms in total. The molecule has 0 spiro atoms. The average Bonchev–Trinajstić information content (AvgIpc) is 2.21. The van der Waals surface area contributed by atoms with Gasteiger partial charge in [0.25, 0.3) is 0 Å². The molecule has 0 aromatic heterocycles. The number of hydrogen-bond acceptors (Lipinski definition) is 3. The summed E-state index contributed by atoms with van der Waals surface area (Å²) in [6, 6.07) is 7.63. The second-order valence-electron chi connectivity index (χ2n) is 3.28. The van der Waals surface area contributed by atoms with Crippen molar-refractivity contribution in [3.63, 3.8) is 0 Å². The molecule has 0 aliphatic carbocycles. The van der Waals surface area contributed by atoms with E-state index < -0.39 is 0 Å². The number of Topliss-reactive ketones (excluding diaryl/α,β-unsaturated/α-hetero) is 1. The smallest absolute Gasteiger partial charge is 0.182 e. The van der Waals surface area contributed by atoms with Gasteiger partial charge in [-0.25, -0.2) is 0 Å². The Labute approximate surface area is 89.7 Å². The number of nitrogens with zero attached hydrogens (tertiary/aromatic N) is 1. The lowest BCUT2D eigenvalue weighted by Crippen LogP contribution is -2.12. The summed E-state index contributed by atoms with van der Waals surface area (Å²) in [6.45, 7) is 5.77. The van der Waals surface area contributed by atoms with Gasteiger partial charge in [-0.05, 0) is 13.8 Å². The van der Waals surface area contributed by atoms with E-state index in [4.69, 9.17) is 4.84 Å². The summed E-state index contributed by atoms with van der Waals surface area (Å²) in [5.41, 5.74) is 2.32. The Hall–Kier alpha value is -1.64. The van der Waals surface area contributed by atoms with E-state index >= 15 is 0 Å². The SMILES string of the molecule is CCON=C(C(C)=O)c1ccc(C)cc1. The molecular weight excluding hydrogens is 190 g/mol. The Morgan fingerprint density at radius 1 is 1.33 bits per heavy atom. The van der Waals surface area contributed by atoms with Gasteiger partial charge in [0, 0.05) is 12.5 Å². The van der Waals surface area contributed by atoms with E-state index in [1.165, 1.54) is 6.92 Å². The van der Waals surface area contributed by atoms with E-state index in [0.29, 0.717) is 12.3 Å². The molecule has 80 valence electrons. The van der Waals surface area contributed by atoms with Crippen molar-refractivity contribution in [2.45, 2.75) is 20.8 Å². The molecule has 0 aliphatic heterocycles. The fraction of sp³-hybridized carbons (Fsp3) is 0.333. The maximum atomic E-state index is 11.3. The van der Waals surface area contributed by atoms with Gasteiger partial charge in [-0.2, -0.15) is 0 Å².